The molecule has 8 atom stereocenters. The van der Waals surface area contributed by atoms with Gasteiger partial charge in [-0.3, -0.25) is 9.59 Å². The van der Waals surface area contributed by atoms with E-state index >= 15 is 0 Å². The Bertz CT molecular complexity index is 1990. The van der Waals surface area contributed by atoms with Crippen LogP contribution in [0.5, 0.6) is 0 Å². The topological polar surface area (TPSA) is 186 Å². The summed E-state index contributed by atoms with van der Waals surface area (Å²) in [4.78, 5) is 69.1. The molecule has 14 nitrogen and oxygen atoms in total. The molecule has 2 saturated heterocycles. The Morgan fingerprint density at radius 1 is 0.706 bits per heavy atom. The number of piperidine rings is 2. The van der Waals surface area contributed by atoms with E-state index in [1.54, 1.807) is 26.2 Å². The van der Waals surface area contributed by atoms with Crippen LogP contribution < -0.4 is 10.6 Å². The number of methoxy groups -OCH3 is 1. The van der Waals surface area contributed by atoms with E-state index in [0.29, 0.717) is 17.7 Å². The van der Waals surface area contributed by atoms with E-state index in [1.165, 1.54) is 7.11 Å². The van der Waals surface area contributed by atoms with Crippen LogP contribution >= 0.6 is 0 Å². The lowest BCUT2D eigenvalue weighted by molar-refractivity contribution is -0.135. The molecule has 2 aromatic heterocycles. The van der Waals surface area contributed by atoms with Gasteiger partial charge in [-0.25, -0.2) is 19.6 Å². The zero-order valence-electron chi connectivity index (χ0n) is 28.5. The fourth-order valence-electron chi connectivity index (χ4n) is 8.02. The summed E-state index contributed by atoms with van der Waals surface area (Å²) in [6, 6.07) is 14.8. The Morgan fingerprint density at radius 3 is 1.53 bits per heavy atom. The minimum atomic E-state index is -1.22. The molecule has 4 amide bonds. The lowest BCUT2D eigenvalue weighted by Gasteiger charge is -2.29. The maximum absolute atomic E-state index is 13.3. The quantitative estimate of drug-likeness (QED) is 0.165. The number of alkyl carbamates (subject to hydrolysis) is 1. The van der Waals surface area contributed by atoms with Crippen molar-refractivity contribution in [2.75, 3.05) is 7.11 Å². The second kappa shape index (κ2) is 12.6. The Morgan fingerprint density at radius 2 is 1.12 bits per heavy atom. The number of ether oxygens (including phenoxy) is 1. The number of likely N-dealkylation sites (tertiary alicyclic amines) is 2. The van der Waals surface area contributed by atoms with E-state index in [2.05, 4.69) is 59.6 Å². The summed E-state index contributed by atoms with van der Waals surface area (Å²) in [6.07, 6.45) is 5.32. The Balaban J connectivity index is 0.926. The number of benzene rings is 2. The summed E-state index contributed by atoms with van der Waals surface area (Å²) in [5.41, 5.74) is 5.76. The van der Waals surface area contributed by atoms with Crippen LogP contribution in [0.3, 0.4) is 0 Å². The molecule has 0 radical (unpaired) electrons. The smallest absolute Gasteiger partial charge is 0.407 e. The maximum Gasteiger partial charge on any atom is 0.407 e. The molecule has 2 aliphatic carbocycles. The number of rotatable bonds is 9. The van der Waals surface area contributed by atoms with E-state index < -0.39 is 24.3 Å². The van der Waals surface area contributed by atoms with Gasteiger partial charge in [0.2, 0.25) is 11.8 Å². The molecule has 2 aromatic carbocycles. The molecule has 0 bridgehead atoms. The minimum Gasteiger partial charge on any atom is -0.465 e. The van der Waals surface area contributed by atoms with Crippen LogP contribution in [0, 0.1) is 11.8 Å². The highest BCUT2D eigenvalue weighted by molar-refractivity contribution is 5.87. The third-order valence-corrected chi connectivity index (χ3v) is 10.9. The molecule has 5 N–H and O–H groups in total. The molecule has 0 spiro atoms. The van der Waals surface area contributed by atoms with Gasteiger partial charge in [0, 0.05) is 12.1 Å². The van der Waals surface area contributed by atoms with Crippen LogP contribution in [0.15, 0.2) is 60.9 Å². The van der Waals surface area contributed by atoms with Gasteiger partial charge in [-0.05, 0) is 73.6 Å². The van der Waals surface area contributed by atoms with Crippen LogP contribution in [-0.4, -0.2) is 90.1 Å². The standard InChI is InChI=1S/C37H40N8O6/c1-18(40-36(48)49)34(46)44-28-12-24(28)14-30(44)32-38-16-26(42-32)22-8-4-20(5-9-22)21-6-10-23(11-7-21)27-17-39-33(43-27)31-15-25-13-29(25)45(31)35(47)19(2)41-37(50)51-3/h4-11,16-19,24-25,28-31,40H,12-15H2,1-3H3,(H,38,42)(H,39,43)(H,41,50)(H,48,49)/t18-,19-,24+,25+,28+,29+,30+,31+/m0/s1. The van der Waals surface area contributed by atoms with Gasteiger partial charge < -0.3 is 40.2 Å². The number of aromatic nitrogens is 4. The van der Waals surface area contributed by atoms with Gasteiger partial charge in [-0.15, -0.1) is 0 Å². The number of carboxylic acid groups (broad SMARTS) is 1. The van der Waals surface area contributed by atoms with Crippen LogP contribution in [0.4, 0.5) is 9.59 Å². The number of nitrogens with zero attached hydrogens (tertiary/aromatic N) is 4. The average Bonchev–Trinajstić information content (AvgIpc) is 3.73. The molecule has 2 saturated carbocycles. The van der Waals surface area contributed by atoms with Crippen LogP contribution in [0.2, 0.25) is 0 Å². The highest BCUT2D eigenvalue weighted by Gasteiger charge is 2.56. The van der Waals surface area contributed by atoms with E-state index in [-0.39, 0.29) is 36.0 Å². The third-order valence-electron chi connectivity index (χ3n) is 10.9. The predicted octanol–water partition coefficient (Wildman–Crippen LogP) is 4.86. The number of fused-ring (bicyclic) bond motifs is 2. The van der Waals surface area contributed by atoms with Crippen LogP contribution in [0.25, 0.3) is 33.6 Å². The highest BCUT2D eigenvalue weighted by atomic mass is 16.5. The van der Waals surface area contributed by atoms with E-state index in [1.807, 2.05) is 34.1 Å². The number of carbonyl (C=O) groups excluding carboxylic acids is 3. The van der Waals surface area contributed by atoms with Crippen molar-refractivity contribution in [1.82, 2.24) is 40.4 Å². The normalized spacial score (nSPS) is 25.4. The number of carbonyl (C=O) groups is 4. The number of aromatic amines is 2. The fourth-order valence-corrected chi connectivity index (χ4v) is 8.02. The zero-order valence-corrected chi connectivity index (χ0v) is 28.5. The Labute approximate surface area is 294 Å². The van der Waals surface area contributed by atoms with Gasteiger partial charge in [0.25, 0.3) is 0 Å². The van der Waals surface area contributed by atoms with Crippen LogP contribution in [-0.2, 0) is 14.3 Å². The minimum absolute atomic E-state index is 0.137. The molecule has 4 aliphatic rings. The van der Waals surface area contributed by atoms with Gasteiger partial charge in [-0.1, -0.05) is 48.5 Å². The monoisotopic (exact) mass is 692 g/mol. The molecule has 4 fully saturated rings. The molecular weight excluding hydrogens is 652 g/mol. The van der Waals surface area contributed by atoms with Gasteiger partial charge in [0.05, 0.1) is 43.0 Å². The summed E-state index contributed by atoms with van der Waals surface area (Å²) in [5, 5.41) is 14.0. The van der Waals surface area contributed by atoms with E-state index in [9.17, 15) is 19.2 Å². The summed E-state index contributed by atoms with van der Waals surface area (Å²) in [7, 11) is 1.28. The molecular formula is C37H40N8O6. The fraction of sp³-hybridized carbons (Fsp3) is 0.405. The molecule has 8 rings (SSSR count). The molecule has 0 unspecified atom stereocenters. The number of nitrogens with one attached hydrogen (secondary N) is 4. The van der Waals surface area contributed by atoms with E-state index in [0.717, 1.165) is 65.1 Å². The summed E-state index contributed by atoms with van der Waals surface area (Å²) in [5.74, 6) is 1.98. The lowest BCUT2D eigenvalue weighted by atomic mass is 10.0. The third kappa shape index (κ3) is 6.08. The molecule has 51 heavy (non-hydrogen) atoms. The zero-order chi connectivity index (χ0) is 35.6. The summed E-state index contributed by atoms with van der Waals surface area (Å²) >= 11 is 0. The van der Waals surface area contributed by atoms with Crippen molar-refractivity contribution in [1.29, 1.82) is 0 Å². The molecule has 264 valence electrons. The maximum atomic E-state index is 13.3. The summed E-state index contributed by atoms with van der Waals surface area (Å²) < 4.78 is 4.67. The second-order valence-electron chi connectivity index (χ2n) is 14.2. The largest absolute Gasteiger partial charge is 0.465 e. The predicted molar refractivity (Wildman–Crippen MR) is 185 cm³/mol. The Hall–Kier alpha value is -5.66. The van der Waals surface area contributed by atoms with Crippen molar-refractivity contribution in [3.63, 3.8) is 0 Å². The van der Waals surface area contributed by atoms with Crippen molar-refractivity contribution >= 4 is 24.0 Å². The molecule has 4 heterocycles. The van der Waals surface area contributed by atoms with Crippen molar-refractivity contribution in [2.24, 2.45) is 11.8 Å². The second-order valence-corrected chi connectivity index (χ2v) is 14.2. The number of hydrogen-bond acceptors (Lipinski definition) is 7. The molecule has 4 aromatic rings. The molecule has 2 aliphatic heterocycles. The number of amides is 4. The number of imidazole rings is 2. The first kappa shape index (κ1) is 32.5. The number of H-pyrrole nitrogens is 2. The number of hydrogen-bond donors (Lipinski definition) is 5. The van der Waals surface area contributed by atoms with Crippen molar-refractivity contribution in [3.05, 3.63) is 72.6 Å². The highest BCUT2D eigenvalue weighted by Crippen LogP contribution is 2.54. The van der Waals surface area contributed by atoms with Gasteiger partial charge in [-0.2, -0.15) is 0 Å². The van der Waals surface area contributed by atoms with Crippen molar-refractivity contribution in [3.8, 4) is 33.6 Å². The first-order valence-electron chi connectivity index (χ1n) is 17.4. The van der Waals surface area contributed by atoms with E-state index in [4.69, 9.17) is 5.11 Å². The van der Waals surface area contributed by atoms with Crippen molar-refractivity contribution in [2.45, 2.75) is 75.8 Å². The Kier molecular flexibility index (Phi) is 8.03. The SMILES string of the molecule is COC(=O)N[C@@H](C)C(=O)N1[C@@H](c2ncc(-c3ccc(-c4ccc(-c5cnc([C@H]6C[C@H]7C[C@H]7N6C(=O)[C@H](C)NC(=O)O)[nH]5)cc4)cc3)[nH]2)C[C@H]2C[C@H]21. The van der Waals surface area contributed by atoms with Gasteiger partial charge >= 0.3 is 12.2 Å². The van der Waals surface area contributed by atoms with Crippen molar-refractivity contribution < 1.29 is 29.0 Å². The average molecular weight is 693 g/mol. The van der Waals surface area contributed by atoms with Gasteiger partial charge in [0.1, 0.15) is 23.7 Å². The lowest BCUT2D eigenvalue weighted by Crippen LogP contribution is -2.47. The summed E-state index contributed by atoms with van der Waals surface area (Å²) in [6.45, 7) is 3.25. The van der Waals surface area contributed by atoms with Crippen LogP contribution in [0.1, 0.15) is 63.3 Å². The molecule has 14 heteroatoms. The first-order valence-corrected chi connectivity index (χ1v) is 17.4. The van der Waals surface area contributed by atoms with Gasteiger partial charge in [0.15, 0.2) is 0 Å². The first-order chi connectivity index (χ1) is 24.6.